The van der Waals surface area contributed by atoms with Crippen LogP contribution in [-0.2, 0) is 12.5 Å². The zero-order valence-electron chi connectivity index (χ0n) is 9.50. The number of halogens is 1. The molecule has 2 nitrogen and oxygen atoms in total. The second-order valence-corrected chi connectivity index (χ2v) is 4.88. The summed E-state index contributed by atoms with van der Waals surface area (Å²) in [4.78, 5) is 0. The Bertz CT molecular complexity index is 506. The molecular formula is C12H15FN2. The van der Waals surface area contributed by atoms with E-state index in [0.29, 0.717) is 0 Å². The van der Waals surface area contributed by atoms with E-state index in [1.54, 1.807) is 10.7 Å². The maximum Gasteiger partial charge on any atom is 0.125 e. The van der Waals surface area contributed by atoms with Gasteiger partial charge in [-0.3, -0.25) is 4.68 Å². The third-order valence-electron chi connectivity index (χ3n) is 2.52. The van der Waals surface area contributed by atoms with E-state index < -0.39 is 0 Å². The Hall–Kier alpha value is -1.38. The lowest BCUT2D eigenvalue weighted by molar-refractivity contribution is 0.558. The highest BCUT2D eigenvalue weighted by Gasteiger charge is 2.21. The molecule has 0 unspecified atom stereocenters. The zero-order valence-corrected chi connectivity index (χ0v) is 9.50. The second kappa shape index (κ2) is 3.05. The molecule has 3 heteroatoms. The molecule has 0 amide bonds. The van der Waals surface area contributed by atoms with Crippen LogP contribution in [0.1, 0.15) is 26.5 Å². The largest absolute Gasteiger partial charge is 0.268 e. The molecule has 0 atom stereocenters. The van der Waals surface area contributed by atoms with E-state index in [4.69, 9.17) is 0 Å². The Morgan fingerprint density at radius 2 is 1.93 bits per heavy atom. The molecule has 0 radical (unpaired) electrons. The fraction of sp³-hybridized carbons (Fsp3) is 0.417. The normalized spacial score (nSPS) is 12.3. The molecule has 80 valence electrons. The van der Waals surface area contributed by atoms with Crippen molar-refractivity contribution in [2.75, 3.05) is 0 Å². The molecule has 0 spiro atoms. The van der Waals surface area contributed by atoms with Gasteiger partial charge in [0.2, 0.25) is 0 Å². The smallest absolute Gasteiger partial charge is 0.125 e. The number of rotatable bonds is 0. The molecule has 0 bridgehead atoms. The average molecular weight is 206 g/mol. The van der Waals surface area contributed by atoms with Gasteiger partial charge in [0.1, 0.15) is 5.82 Å². The van der Waals surface area contributed by atoms with Gasteiger partial charge in [-0.25, -0.2) is 4.39 Å². The van der Waals surface area contributed by atoms with Crippen molar-refractivity contribution in [3.05, 3.63) is 29.7 Å². The molecule has 0 saturated carbocycles. The van der Waals surface area contributed by atoms with E-state index in [2.05, 4.69) is 25.9 Å². The lowest BCUT2D eigenvalue weighted by atomic mass is 9.90. The topological polar surface area (TPSA) is 17.8 Å². The van der Waals surface area contributed by atoms with Gasteiger partial charge in [-0.05, 0) is 18.2 Å². The molecule has 0 N–H and O–H groups in total. The minimum absolute atomic E-state index is 0.0165. The fourth-order valence-corrected chi connectivity index (χ4v) is 1.78. The van der Waals surface area contributed by atoms with Gasteiger partial charge in [0.05, 0.1) is 11.2 Å². The SMILES string of the molecule is Cn1nc(C(C)(C)C)c2ccc(F)cc21. The number of aryl methyl sites for hydroxylation is 1. The minimum atomic E-state index is -0.217. The highest BCUT2D eigenvalue weighted by atomic mass is 19.1. The van der Waals surface area contributed by atoms with Crippen LogP contribution in [0, 0.1) is 5.82 Å². The van der Waals surface area contributed by atoms with E-state index in [0.717, 1.165) is 16.6 Å². The summed E-state index contributed by atoms with van der Waals surface area (Å²) in [6.07, 6.45) is 0. The lowest BCUT2D eigenvalue weighted by Gasteiger charge is -2.15. The van der Waals surface area contributed by atoms with Gasteiger partial charge in [-0.1, -0.05) is 20.8 Å². The first kappa shape index (κ1) is 10.1. The third kappa shape index (κ3) is 1.62. The zero-order chi connectivity index (χ0) is 11.2. The van der Waals surface area contributed by atoms with Crippen molar-refractivity contribution < 1.29 is 4.39 Å². The van der Waals surface area contributed by atoms with Crippen LogP contribution >= 0.6 is 0 Å². The van der Waals surface area contributed by atoms with Crippen molar-refractivity contribution in [3.8, 4) is 0 Å². The van der Waals surface area contributed by atoms with Crippen molar-refractivity contribution in [3.63, 3.8) is 0 Å². The number of hydrogen-bond donors (Lipinski definition) is 0. The first-order valence-corrected chi connectivity index (χ1v) is 5.02. The summed E-state index contributed by atoms with van der Waals surface area (Å²) < 4.78 is 14.8. The summed E-state index contributed by atoms with van der Waals surface area (Å²) in [5, 5.41) is 5.49. The number of benzene rings is 1. The molecule has 2 rings (SSSR count). The molecule has 0 aliphatic rings. The summed E-state index contributed by atoms with van der Waals surface area (Å²) in [6, 6.07) is 4.81. The third-order valence-corrected chi connectivity index (χ3v) is 2.52. The highest BCUT2D eigenvalue weighted by Crippen LogP contribution is 2.28. The number of nitrogens with zero attached hydrogens (tertiary/aromatic N) is 2. The lowest BCUT2D eigenvalue weighted by Crippen LogP contribution is -2.12. The van der Waals surface area contributed by atoms with Crippen LogP contribution in [0.5, 0.6) is 0 Å². The molecule has 1 heterocycles. The van der Waals surface area contributed by atoms with E-state index in [1.165, 1.54) is 12.1 Å². The van der Waals surface area contributed by atoms with Crippen LogP contribution < -0.4 is 0 Å². The first-order valence-electron chi connectivity index (χ1n) is 5.02. The van der Waals surface area contributed by atoms with Crippen molar-refractivity contribution in [1.29, 1.82) is 0 Å². The average Bonchev–Trinajstić information content (AvgIpc) is 2.43. The standard InChI is InChI=1S/C12H15FN2/c1-12(2,3)11-9-6-5-8(13)7-10(9)15(4)14-11/h5-7H,1-4H3. The van der Waals surface area contributed by atoms with Crippen LogP contribution in [0.2, 0.25) is 0 Å². The maximum atomic E-state index is 13.1. The van der Waals surface area contributed by atoms with Gasteiger partial charge in [-0.2, -0.15) is 5.10 Å². The van der Waals surface area contributed by atoms with Crippen LogP contribution in [0.15, 0.2) is 18.2 Å². The van der Waals surface area contributed by atoms with Crippen LogP contribution in [0.3, 0.4) is 0 Å². The van der Waals surface area contributed by atoms with Crippen LogP contribution in [-0.4, -0.2) is 9.78 Å². The van der Waals surface area contributed by atoms with E-state index in [1.807, 2.05) is 7.05 Å². The highest BCUT2D eigenvalue weighted by molar-refractivity contribution is 5.82. The van der Waals surface area contributed by atoms with E-state index >= 15 is 0 Å². The van der Waals surface area contributed by atoms with Crippen molar-refractivity contribution >= 4 is 10.9 Å². The molecular weight excluding hydrogens is 191 g/mol. The molecule has 0 aliphatic carbocycles. The quantitative estimate of drug-likeness (QED) is 0.648. The molecule has 1 aromatic heterocycles. The fourth-order valence-electron chi connectivity index (χ4n) is 1.78. The Morgan fingerprint density at radius 1 is 1.27 bits per heavy atom. The van der Waals surface area contributed by atoms with Gasteiger partial charge in [0.15, 0.2) is 0 Å². The van der Waals surface area contributed by atoms with Gasteiger partial charge in [0.25, 0.3) is 0 Å². The summed E-state index contributed by atoms with van der Waals surface area (Å²) in [6.45, 7) is 6.33. The van der Waals surface area contributed by atoms with Gasteiger partial charge >= 0.3 is 0 Å². The van der Waals surface area contributed by atoms with Gasteiger partial charge in [-0.15, -0.1) is 0 Å². The summed E-state index contributed by atoms with van der Waals surface area (Å²) in [7, 11) is 1.84. The molecule has 2 aromatic rings. The Morgan fingerprint density at radius 3 is 2.53 bits per heavy atom. The van der Waals surface area contributed by atoms with Crippen molar-refractivity contribution in [2.24, 2.45) is 7.05 Å². The molecule has 1 aromatic carbocycles. The van der Waals surface area contributed by atoms with Crippen LogP contribution in [0.25, 0.3) is 10.9 Å². The van der Waals surface area contributed by atoms with Gasteiger partial charge in [0, 0.05) is 17.8 Å². The number of hydrogen-bond acceptors (Lipinski definition) is 1. The Balaban J connectivity index is 2.79. The van der Waals surface area contributed by atoms with Gasteiger partial charge < -0.3 is 0 Å². The predicted molar refractivity (Wildman–Crippen MR) is 59.4 cm³/mol. The maximum absolute atomic E-state index is 13.1. The Kier molecular flexibility index (Phi) is 2.07. The van der Waals surface area contributed by atoms with Crippen molar-refractivity contribution in [1.82, 2.24) is 9.78 Å². The van der Waals surface area contributed by atoms with Crippen molar-refractivity contribution in [2.45, 2.75) is 26.2 Å². The molecule has 15 heavy (non-hydrogen) atoms. The number of fused-ring (bicyclic) bond motifs is 1. The van der Waals surface area contributed by atoms with E-state index in [9.17, 15) is 4.39 Å². The monoisotopic (exact) mass is 206 g/mol. The molecule has 0 aliphatic heterocycles. The predicted octanol–water partition coefficient (Wildman–Crippen LogP) is 3.01. The summed E-state index contributed by atoms with van der Waals surface area (Å²) in [5.41, 5.74) is 1.84. The molecule has 0 fully saturated rings. The number of aromatic nitrogens is 2. The first-order chi connectivity index (χ1) is 6.89. The summed E-state index contributed by atoms with van der Waals surface area (Å²) in [5.74, 6) is -0.217. The summed E-state index contributed by atoms with van der Waals surface area (Å²) >= 11 is 0. The molecule has 0 saturated heterocycles. The Labute approximate surface area is 88.7 Å². The second-order valence-electron chi connectivity index (χ2n) is 4.88. The van der Waals surface area contributed by atoms with E-state index in [-0.39, 0.29) is 11.2 Å². The minimum Gasteiger partial charge on any atom is -0.268 e. The van der Waals surface area contributed by atoms with Crippen LogP contribution in [0.4, 0.5) is 4.39 Å².